The summed E-state index contributed by atoms with van der Waals surface area (Å²) in [6.45, 7) is 8.65. The lowest BCUT2D eigenvalue weighted by Gasteiger charge is -2.39. The zero-order valence-corrected chi connectivity index (χ0v) is 22.2. The van der Waals surface area contributed by atoms with E-state index in [1.54, 1.807) is 6.92 Å². The molecular weight excluding hydrogens is 472 g/mol. The van der Waals surface area contributed by atoms with Gasteiger partial charge in [0.1, 0.15) is 0 Å². The third-order valence-corrected chi connectivity index (χ3v) is 7.38. The third kappa shape index (κ3) is 5.92. The number of nitrogens with one attached hydrogen (secondary N) is 1. The molecule has 3 aromatic rings. The Kier molecular flexibility index (Phi) is 8.09. The van der Waals surface area contributed by atoms with Gasteiger partial charge in [0.05, 0.1) is 25.8 Å². The lowest BCUT2D eigenvalue weighted by Crippen LogP contribution is -2.43. The minimum absolute atomic E-state index is 0.0697. The van der Waals surface area contributed by atoms with Crippen molar-refractivity contribution in [2.45, 2.75) is 38.9 Å². The highest BCUT2D eigenvalue weighted by Gasteiger charge is 2.32. The Hall–Kier alpha value is -3.63. The van der Waals surface area contributed by atoms with Gasteiger partial charge in [0.15, 0.2) is 0 Å². The van der Waals surface area contributed by atoms with Crippen LogP contribution in [0.15, 0.2) is 66.7 Å². The van der Waals surface area contributed by atoms with Crippen molar-refractivity contribution < 1.29 is 9.53 Å². The van der Waals surface area contributed by atoms with Crippen LogP contribution in [-0.2, 0) is 16.1 Å². The number of benzene rings is 3. The topological polar surface area (TPSA) is 70.8 Å². The molecule has 3 N–H and O–H groups in total. The first kappa shape index (κ1) is 26.0. The molecule has 38 heavy (non-hydrogen) atoms. The maximum absolute atomic E-state index is 12.6. The van der Waals surface area contributed by atoms with Crippen LogP contribution in [0.25, 0.3) is 11.1 Å². The van der Waals surface area contributed by atoms with Gasteiger partial charge in [0.2, 0.25) is 5.91 Å². The number of anilines is 2. The van der Waals surface area contributed by atoms with Crippen LogP contribution in [0.5, 0.6) is 0 Å². The SMILES string of the molecule is CC(=O)N1c2ccc(-c3ccc(CN4CCOCC4)cc3)cc2[C@H](Nc2ccc(C#CCN)cc2)C[C@@H]1C. The van der Waals surface area contributed by atoms with Crippen molar-refractivity contribution in [2.24, 2.45) is 5.73 Å². The number of carbonyl (C=O) groups is 1. The van der Waals surface area contributed by atoms with Crippen LogP contribution in [-0.4, -0.2) is 49.7 Å². The van der Waals surface area contributed by atoms with Gasteiger partial charge in [-0.05, 0) is 72.0 Å². The number of amides is 1. The summed E-state index contributed by atoms with van der Waals surface area (Å²) in [5.41, 5.74) is 13.2. The highest BCUT2D eigenvalue weighted by Crippen LogP contribution is 2.41. The molecule has 0 bridgehead atoms. The summed E-state index contributed by atoms with van der Waals surface area (Å²) in [4.78, 5) is 16.9. The minimum atomic E-state index is 0.0697. The number of nitrogens with two attached hydrogens (primary N) is 1. The quantitative estimate of drug-likeness (QED) is 0.485. The summed E-state index contributed by atoms with van der Waals surface area (Å²) < 4.78 is 5.47. The van der Waals surface area contributed by atoms with E-state index in [2.05, 4.69) is 83.6 Å². The van der Waals surface area contributed by atoms with E-state index < -0.39 is 0 Å². The van der Waals surface area contributed by atoms with Crippen LogP contribution in [0, 0.1) is 11.8 Å². The number of fused-ring (bicyclic) bond motifs is 1. The van der Waals surface area contributed by atoms with Crippen LogP contribution in [0.3, 0.4) is 0 Å². The standard InChI is InChI=1S/C32H36N4O2/c1-23-20-31(34-29-12-7-25(8-13-29)4-3-15-33)30-21-28(11-14-32(30)36(23)24(2)37)27-9-5-26(6-10-27)22-35-16-18-38-19-17-35/h5-14,21,23,31,34H,15-20,22,33H2,1-2H3/t23-,31+/m0/s1. The Morgan fingerprint density at radius 3 is 2.42 bits per heavy atom. The van der Waals surface area contributed by atoms with E-state index in [0.717, 1.165) is 67.3 Å². The molecule has 3 aromatic carbocycles. The fourth-order valence-corrected chi connectivity index (χ4v) is 5.48. The number of rotatable bonds is 5. The van der Waals surface area contributed by atoms with Crippen LogP contribution >= 0.6 is 0 Å². The van der Waals surface area contributed by atoms with E-state index in [-0.39, 0.29) is 18.0 Å². The predicted molar refractivity (Wildman–Crippen MR) is 154 cm³/mol. The summed E-state index contributed by atoms with van der Waals surface area (Å²) in [7, 11) is 0. The van der Waals surface area contributed by atoms with Crippen LogP contribution in [0.4, 0.5) is 11.4 Å². The highest BCUT2D eigenvalue weighted by molar-refractivity contribution is 5.94. The molecular formula is C32H36N4O2. The molecule has 0 spiro atoms. The van der Waals surface area contributed by atoms with Crippen molar-refractivity contribution in [1.82, 2.24) is 4.90 Å². The van der Waals surface area contributed by atoms with Crippen molar-refractivity contribution in [3.63, 3.8) is 0 Å². The Morgan fingerprint density at radius 2 is 1.74 bits per heavy atom. The second kappa shape index (κ2) is 11.8. The Bertz CT molecular complexity index is 1320. The van der Waals surface area contributed by atoms with Crippen molar-refractivity contribution in [2.75, 3.05) is 43.1 Å². The molecule has 0 unspecified atom stereocenters. The van der Waals surface area contributed by atoms with Gasteiger partial charge in [0.25, 0.3) is 0 Å². The van der Waals surface area contributed by atoms with Crippen molar-refractivity contribution in [3.05, 3.63) is 83.4 Å². The molecule has 1 saturated heterocycles. The second-order valence-electron chi connectivity index (χ2n) is 10.1. The summed E-state index contributed by atoms with van der Waals surface area (Å²) in [5.74, 6) is 6.04. The fourth-order valence-electron chi connectivity index (χ4n) is 5.48. The molecule has 5 rings (SSSR count). The van der Waals surface area contributed by atoms with E-state index >= 15 is 0 Å². The lowest BCUT2D eigenvalue weighted by molar-refractivity contribution is -0.117. The van der Waals surface area contributed by atoms with E-state index in [9.17, 15) is 4.79 Å². The summed E-state index contributed by atoms with van der Waals surface area (Å²) in [6.07, 6.45) is 0.823. The zero-order chi connectivity index (χ0) is 26.5. The molecule has 2 aliphatic heterocycles. The van der Waals surface area contributed by atoms with E-state index in [1.165, 1.54) is 11.1 Å². The summed E-state index contributed by atoms with van der Waals surface area (Å²) in [5, 5.41) is 3.72. The van der Waals surface area contributed by atoms with Gasteiger partial charge in [-0.1, -0.05) is 42.2 Å². The van der Waals surface area contributed by atoms with Gasteiger partial charge < -0.3 is 20.7 Å². The lowest BCUT2D eigenvalue weighted by atomic mass is 9.88. The maximum Gasteiger partial charge on any atom is 0.224 e. The average Bonchev–Trinajstić information content (AvgIpc) is 2.93. The van der Waals surface area contributed by atoms with Crippen LogP contribution in [0.2, 0.25) is 0 Å². The normalized spacial score (nSPS) is 19.3. The van der Waals surface area contributed by atoms with Crippen LogP contribution < -0.4 is 16.0 Å². The minimum Gasteiger partial charge on any atom is -0.379 e. The second-order valence-corrected chi connectivity index (χ2v) is 10.1. The third-order valence-electron chi connectivity index (χ3n) is 7.38. The van der Waals surface area contributed by atoms with Gasteiger partial charge in [0, 0.05) is 49.5 Å². The monoisotopic (exact) mass is 508 g/mol. The highest BCUT2D eigenvalue weighted by atomic mass is 16.5. The number of carbonyl (C=O) groups excluding carboxylic acids is 1. The predicted octanol–water partition coefficient (Wildman–Crippen LogP) is 4.79. The maximum atomic E-state index is 12.6. The van der Waals surface area contributed by atoms with Crippen molar-refractivity contribution >= 4 is 17.3 Å². The number of hydrogen-bond acceptors (Lipinski definition) is 5. The molecule has 196 valence electrons. The molecule has 2 heterocycles. The summed E-state index contributed by atoms with van der Waals surface area (Å²) in [6, 6.07) is 23.6. The van der Waals surface area contributed by atoms with E-state index in [1.807, 2.05) is 17.0 Å². The molecule has 6 heteroatoms. The molecule has 0 aromatic heterocycles. The zero-order valence-electron chi connectivity index (χ0n) is 22.2. The first-order valence-corrected chi connectivity index (χ1v) is 13.4. The number of nitrogens with zero attached hydrogens (tertiary/aromatic N) is 2. The van der Waals surface area contributed by atoms with Gasteiger partial charge >= 0.3 is 0 Å². The molecule has 0 saturated carbocycles. The largest absolute Gasteiger partial charge is 0.379 e. The average molecular weight is 509 g/mol. The van der Waals surface area contributed by atoms with Gasteiger partial charge in [-0.2, -0.15) is 0 Å². The molecule has 2 atom stereocenters. The summed E-state index contributed by atoms with van der Waals surface area (Å²) >= 11 is 0. The van der Waals surface area contributed by atoms with Crippen LogP contribution in [0.1, 0.15) is 43.0 Å². The molecule has 0 aliphatic carbocycles. The first-order chi connectivity index (χ1) is 18.5. The number of ether oxygens (including phenoxy) is 1. The van der Waals surface area contributed by atoms with Crippen molar-refractivity contribution in [1.29, 1.82) is 0 Å². The number of morpholine rings is 1. The number of hydrogen-bond donors (Lipinski definition) is 2. The molecule has 1 fully saturated rings. The molecule has 0 radical (unpaired) electrons. The Morgan fingerprint density at radius 1 is 1.03 bits per heavy atom. The Labute approximate surface area is 225 Å². The Balaban J connectivity index is 1.41. The van der Waals surface area contributed by atoms with Gasteiger partial charge in [-0.15, -0.1) is 0 Å². The molecule has 1 amide bonds. The first-order valence-electron chi connectivity index (χ1n) is 13.4. The smallest absolute Gasteiger partial charge is 0.224 e. The fraction of sp³-hybridized carbons (Fsp3) is 0.344. The van der Waals surface area contributed by atoms with Gasteiger partial charge in [-0.25, -0.2) is 0 Å². The van der Waals surface area contributed by atoms with E-state index in [0.29, 0.717) is 6.54 Å². The van der Waals surface area contributed by atoms with E-state index in [4.69, 9.17) is 10.5 Å². The molecule has 2 aliphatic rings. The molecule has 6 nitrogen and oxygen atoms in total. The van der Waals surface area contributed by atoms with Gasteiger partial charge in [-0.3, -0.25) is 9.69 Å². The van der Waals surface area contributed by atoms with Crippen molar-refractivity contribution in [3.8, 4) is 23.0 Å².